The Balaban J connectivity index is 1.50. The summed E-state index contributed by atoms with van der Waals surface area (Å²) < 4.78 is 55.1. The van der Waals surface area contributed by atoms with Crippen LogP contribution in [0.25, 0.3) is 5.65 Å². The van der Waals surface area contributed by atoms with Crippen molar-refractivity contribution in [2.75, 3.05) is 5.32 Å². The number of rotatable bonds is 5. The quantitative estimate of drug-likeness (QED) is 0.580. The zero-order chi connectivity index (χ0) is 22.2. The maximum absolute atomic E-state index is 13.5. The molecule has 0 bridgehead atoms. The first-order valence-electron chi connectivity index (χ1n) is 9.96. The normalized spacial score (nSPS) is 17.5. The van der Waals surface area contributed by atoms with E-state index in [9.17, 15) is 22.4 Å². The molecule has 10 heteroatoms. The Bertz CT molecular complexity index is 1090. The number of nitrogens with one attached hydrogen (secondary N) is 2. The van der Waals surface area contributed by atoms with Gasteiger partial charge < -0.3 is 10.6 Å². The van der Waals surface area contributed by atoms with Crippen LogP contribution in [-0.4, -0.2) is 32.5 Å². The summed E-state index contributed by atoms with van der Waals surface area (Å²) in [6.45, 7) is 1.73. The molecule has 2 N–H and O–H groups in total. The topological polar surface area (TPSA) is 71.3 Å². The Labute approximate surface area is 175 Å². The maximum atomic E-state index is 13.5. The standard InChI is InChI=1S/C21H21F4N5O/c1-12(13-8-14(22)10-15(23)9-13)27-18-4-7-30-19(29-18)17(11-26-30)20(31)28-16-2-5-21(24,25)6-3-16/h4,7-12,16H,2-3,5-6H2,1H3,(H,27,29)(H,28,31)/t12-/m0/s1. The van der Waals surface area contributed by atoms with Crippen LogP contribution in [0.5, 0.6) is 0 Å². The van der Waals surface area contributed by atoms with Gasteiger partial charge in [0.15, 0.2) is 5.65 Å². The number of anilines is 1. The second-order valence-corrected chi connectivity index (χ2v) is 7.81. The third kappa shape index (κ3) is 4.78. The zero-order valence-electron chi connectivity index (χ0n) is 16.7. The van der Waals surface area contributed by atoms with Crippen molar-refractivity contribution in [2.24, 2.45) is 0 Å². The monoisotopic (exact) mass is 435 g/mol. The lowest BCUT2D eigenvalue weighted by molar-refractivity contribution is -0.0399. The fourth-order valence-electron chi connectivity index (χ4n) is 3.69. The third-order valence-corrected chi connectivity index (χ3v) is 5.42. The van der Waals surface area contributed by atoms with Crippen molar-refractivity contribution in [3.05, 3.63) is 59.4 Å². The molecule has 164 valence electrons. The van der Waals surface area contributed by atoms with Gasteiger partial charge in [0.05, 0.1) is 12.2 Å². The van der Waals surface area contributed by atoms with Crippen LogP contribution in [0.3, 0.4) is 0 Å². The van der Waals surface area contributed by atoms with E-state index in [1.807, 2.05) is 0 Å². The molecule has 1 atom stereocenters. The number of carbonyl (C=O) groups is 1. The molecule has 2 heterocycles. The lowest BCUT2D eigenvalue weighted by atomic mass is 9.92. The lowest BCUT2D eigenvalue weighted by Crippen LogP contribution is -2.40. The molecule has 3 aromatic rings. The van der Waals surface area contributed by atoms with E-state index in [-0.39, 0.29) is 42.9 Å². The zero-order valence-corrected chi connectivity index (χ0v) is 16.7. The summed E-state index contributed by atoms with van der Waals surface area (Å²) in [6, 6.07) is 4.09. The van der Waals surface area contributed by atoms with Gasteiger partial charge in [-0.15, -0.1) is 0 Å². The maximum Gasteiger partial charge on any atom is 0.256 e. The Morgan fingerprint density at radius 2 is 1.87 bits per heavy atom. The summed E-state index contributed by atoms with van der Waals surface area (Å²) in [7, 11) is 0. The molecular formula is C21H21F4N5O. The molecule has 4 rings (SSSR count). The van der Waals surface area contributed by atoms with Gasteiger partial charge in [-0.3, -0.25) is 4.79 Å². The molecule has 0 radical (unpaired) electrons. The van der Waals surface area contributed by atoms with Gasteiger partial charge >= 0.3 is 0 Å². The Morgan fingerprint density at radius 3 is 2.55 bits per heavy atom. The summed E-state index contributed by atoms with van der Waals surface area (Å²) in [6.07, 6.45) is 2.88. The van der Waals surface area contributed by atoms with Crippen LogP contribution in [0, 0.1) is 11.6 Å². The Morgan fingerprint density at radius 1 is 1.19 bits per heavy atom. The molecule has 6 nitrogen and oxygen atoms in total. The minimum Gasteiger partial charge on any atom is -0.363 e. The van der Waals surface area contributed by atoms with Crippen LogP contribution in [0.1, 0.15) is 54.6 Å². The fraction of sp³-hybridized carbons (Fsp3) is 0.381. The van der Waals surface area contributed by atoms with Gasteiger partial charge in [0.1, 0.15) is 23.0 Å². The van der Waals surface area contributed by atoms with E-state index < -0.39 is 29.5 Å². The first-order chi connectivity index (χ1) is 14.7. The van der Waals surface area contributed by atoms with Crippen LogP contribution in [0.15, 0.2) is 36.7 Å². The molecule has 1 aliphatic carbocycles. The van der Waals surface area contributed by atoms with Crippen molar-refractivity contribution in [3.63, 3.8) is 0 Å². The lowest BCUT2D eigenvalue weighted by Gasteiger charge is -2.28. The van der Waals surface area contributed by atoms with E-state index in [4.69, 9.17) is 0 Å². The van der Waals surface area contributed by atoms with E-state index in [0.717, 1.165) is 6.07 Å². The van der Waals surface area contributed by atoms with E-state index in [1.54, 1.807) is 19.2 Å². The van der Waals surface area contributed by atoms with Crippen molar-refractivity contribution in [1.29, 1.82) is 0 Å². The minimum absolute atomic E-state index is 0.208. The first kappa shape index (κ1) is 21.1. The van der Waals surface area contributed by atoms with Crippen molar-refractivity contribution in [2.45, 2.75) is 50.6 Å². The van der Waals surface area contributed by atoms with Crippen molar-refractivity contribution < 1.29 is 22.4 Å². The summed E-state index contributed by atoms with van der Waals surface area (Å²) in [5, 5.41) is 9.93. The van der Waals surface area contributed by atoms with Gasteiger partial charge in [-0.2, -0.15) is 5.10 Å². The Hall–Kier alpha value is -3.17. The van der Waals surface area contributed by atoms with Crippen molar-refractivity contribution >= 4 is 17.4 Å². The number of amides is 1. The molecule has 1 aromatic carbocycles. The number of hydrogen-bond donors (Lipinski definition) is 2. The van der Waals surface area contributed by atoms with Crippen LogP contribution in [0.4, 0.5) is 23.4 Å². The number of carbonyl (C=O) groups excluding carboxylic acids is 1. The highest BCUT2D eigenvalue weighted by Crippen LogP contribution is 2.33. The highest BCUT2D eigenvalue weighted by Gasteiger charge is 2.35. The van der Waals surface area contributed by atoms with E-state index in [1.165, 1.54) is 22.8 Å². The molecule has 0 unspecified atom stereocenters. The van der Waals surface area contributed by atoms with Gasteiger partial charge in [-0.25, -0.2) is 27.1 Å². The summed E-state index contributed by atoms with van der Waals surface area (Å²) in [5.74, 6) is -4.08. The number of alkyl halides is 2. The number of hydrogen-bond acceptors (Lipinski definition) is 4. The predicted octanol–water partition coefficient (Wildman–Crippen LogP) is 4.49. The molecule has 0 aliphatic heterocycles. The average Bonchev–Trinajstić information content (AvgIpc) is 3.12. The number of fused-ring (bicyclic) bond motifs is 1. The largest absolute Gasteiger partial charge is 0.363 e. The molecule has 0 spiro atoms. The smallest absolute Gasteiger partial charge is 0.256 e. The van der Waals surface area contributed by atoms with Crippen molar-refractivity contribution in [3.8, 4) is 0 Å². The molecule has 1 fully saturated rings. The van der Waals surface area contributed by atoms with E-state index in [0.29, 0.717) is 11.4 Å². The summed E-state index contributed by atoms with van der Waals surface area (Å²) >= 11 is 0. The predicted molar refractivity (Wildman–Crippen MR) is 106 cm³/mol. The summed E-state index contributed by atoms with van der Waals surface area (Å²) in [4.78, 5) is 17.1. The molecule has 1 saturated carbocycles. The number of halogens is 4. The van der Waals surface area contributed by atoms with Crippen LogP contribution in [-0.2, 0) is 0 Å². The van der Waals surface area contributed by atoms with Gasteiger partial charge in [-0.1, -0.05) is 0 Å². The second kappa shape index (κ2) is 8.16. The van der Waals surface area contributed by atoms with Gasteiger partial charge in [0.2, 0.25) is 5.92 Å². The van der Waals surface area contributed by atoms with E-state index in [2.05, 4.69) is 20.7 Å². The second-order valence-electron chi connectivity index (χ2n) is 7.81. The highest BCUT2D eigenvalue weighted by molar-refractivity contribution is 5.99. The molecular weight excluding hydrogens is 414 g/mol. The number of nitrogens with zero attached hydrogens (tertiary/aromatic N) is 3. The van der Waals surface area contributed by atoms with Gasteiger partial charge in [0, 0.05) is 31.1 Å². The SMILES string of the molecule is C[C@H](Nc1ccn2ncc(C(=O)NC3CCC(F)(F)CC3)c2n1)c1cc(F)cc(F)c1. The van der Waals surface area contributed by atoms with Crippen LogP contribution >= 0.6 is 0 Å². The molecule has 0 saturated heterocycles. The highest BCUT2D eigenvalue weighted by atomic mass is 19.3. The minimum atomic E-state index is -2.67. The van der Waals surface area contributed by atoms with Crippen molar-refractivity contribution in [1.82, 2.24) is 19.9 Å². The third-order valence-electron chi connectivity index (χ3n) is 5.42. The number of aromatic nitrogens is 3. The van der Waals surface area contributed by atoms with Crippen LogP contribution in [0.2, 0.25) is 0 Å². The van der Waals surface area contributed by atoms with Gasteiger partial charge in [0.25, 0.3) is 5.91 Å². The van der Waals surface area contributed by atoms with E-state index >= 15 is 0 Å². The molecule has 1 aliphatic rings. The Kier molecular flexibility index (Phi) is 5.55. The summed E-state index contributed by atoms with van der Waals surface area (Å²) in [5.41, 5.74) is 0.895. The average molecular weight is 435 g/mol. The first-order valence-corrected chi connectivity index (χ1v) is 9.96. The number of benzene rings is 1. The molecule has 2 aromatic heterocycles. The van der Waals surface area contributed by atoms with Gasteiger partial charge in [-0.05, 0) is 43.5 Å². The van der Waals surface area contributed by atoms with Crippen LogP contribution < -0.4 is 10.6 Å². The molecule has 31 heavy (non-hydrogen) atoms. The molecule has 1 amide bonds. The fourth-order valence-corrected chi connectivity index (χ4v) is 3.69.